The van der Waals surface area contributed by atoms with E-state index < -0.39 is 0 Å². The molecule has 0 spiro atoms. The van der Waals surface area contributed by atoms with Crippen molar-refractivity contribution < 1.29 is 9.47 Å². The van der Waals surface area contributed by atoms with E-state index in [-0.39, 0.29) is 0 Å². The Balaban J connectivity index is -0.0000000863. The highest BCUT2D eigenvalue weighted by Gasteiger charge is 1.95. The summed E-state index contributed by atoms with van der Waals surface area (Å²) in [6, 6.07) is 0. The lowest BCUT2D eigenvalue weighted by Crippen LogP contribution is -2.03. The van der Waals surface area contributed by atoms with Gasteiger partial charge in [-0.15, -0.1) is 52.6 Å². The molecule has 0 saturated carbocycles. The molecule has 0 radical (unpaired) electrons. The molecule has 2 aliphatic rings. The van der Waals surface area contributed by atoms with E-state index in [4.69, 9.17) is 9.47 Å². The quantitative estimate of drug-likeness (QED) is 0.540. The SMILES string of the molecule is C1CCOCC1.C1CCOCC1.C=C.C=C.C=C.C=C. The minimum absolute atomic E-state index is 1.00. The minimum atomic E-state index is 1.00. The molecule has 2 fully saturated rings. The van der Waals surface area contributed by atoms with E-state index in [1.54, 1.807) is 0 Å². The summed E-state index contributed by atoms with van der Waals surface area (Å²) >= 11 is 0. The Morgan fingerprint density at radius 2 is 0.550 bits per heavy atom. The zero-order valence-corrected chi connectivity index (χ0v) is 13.5. The first-order valence-electron chi connectivity index (χ1n) is 7.15. The second-order valence-electron chi connectivity index (χ2n) is 3.35. The Bertz CT molecular complexity index is 86.4. The molecule has 0 N–H and O–H groups in total. The fourth-order valence-corrected chi connectivity index (χ4v) is 1.37. The van der Waals surface area contributed by atoms with E-state index in [0.717, 1.165) is 26.4 Å². The zero-order valence-electron chi connectivity index (χ0n) is 13.5. The summed E-state index contributed by atoms with van der Waals surface area (Å²) in [7, 11) is 0. The predicted molar refractivity (Wildman–Crippen MR) is 94.4 cm³/mol. The van der Waals surface area contributed by atoms with E-state index >= 15 is 0 Å². The summed E-state index contributed by atoms with van der Waals surface area (Å²) in [6.45, 7) is 28.0. The molecule has 0 aliphatic carbocycles. The first-order chi connectivity index (χ1) is 10.0. The second-order valence-corrected chi connectivity index (χ2v) is 3.35. The van der Waals surface area contributed by atoms with Gasteiger partial charge in [0.25, 0.3) is 0 Å². The van der Waals surface area contributed by atoms with Crippen LogP contribution in [0.2, 0.25) is 0 Å². The molecule has 2 heterocycles. The van der Waals surface area contributed by atoms with Crippen molar-refractivity contribution in [3.63, 3.8) is 0 Å². The molecule has 2 saturated heterocycles. The van der Waals surface area contributed by atoms with Gasteiger partial charge < -0.3 is 9.47 Å². The van der Waals surface area contributed by atoms with Crippen molar-refractivity contribution in [1.29, 1.82) is 0 Å². The Kier molecular flexibility index (Phi) is 58.7. The van der Waals surface area contributed by atoms with E-state index in [1.165, 1.54) is 38.5 Å². The number of ether oxygens (including phenoxy) is 2. The standard InChI is InChI=1S/2C5H10O.4C2H4/c2*1-2-4-6-5-3-1;4*1-2/h2*1-5H2;4*1-2H2. The van der Waals surface area contributed by atoms with Crippen molar-refractivity contribution in [2.75, 3.05) is 26.4 Å². The van der Waals surface area contributed by atoms with E-state index in [9.17, 15) is 0 Å². The maximum Gasteiger partial charge on any atom is 0.0466 e. The first kappa shape index (κ1) is 27.3. The van der Waals surface area contributed by atoms with Gasteiger partial charge in [-0.1, -0.05) is 0 Å². The topological polar surface area (TPSA) is 18.5 Å². The lowest BCUT2D eigenvalue weighted by molar-refractivity contribution is 0.0967. The highest BCUT2D eigenvalue weighted by Crippen LogP contribution is 2.02. The summed E-state index contributed by atoms with van der Waals surface area (Å²) in [5.41, 5.74) is 0. The molecule has 20 heavy (non-hydrogen) atoms. The molecule has 0 amide bonds. The number of hydrogen-bond acceptors (Lipinski definition) is 2. The zero-order chi connectivity index (χ0) is 16.5. The van der Waals surface area contributed by atoms with Crippen molar-refractivity contribution in [3.8, 4) is 0 Å². The van der Waals surface area contributed by atoms with Crippen LogP contribution in [0.3, 0.4) is 0 Å². The second kappa shape index (κ2) is 43.0. The van der Waals surface area contributed by atoms with Crippen LogP contribution in [0.4, 0.5) is 0 Å². The Morgan fingerprint density at radius 1 is 0.350 bits per heavy atom. The van der Waals surface area contributed by atoms with Crippen LogP contribution in [0, 0.1) is 0 Å². The Hall–Kier alpha value is -1.12. The van der Waals surface area contributed by atoms with Crippen LogP contribution in [0.25, 0.3) is 0 Å². The van der Waals surface area contributed by atoms with Crippen LogP contribution >= 0.6 is 0 Å². The van der Waals surface area contributed by atoms with E-state index in [0.29, 0.717) is 0 Å². The smallest absolute Gasteiger partial charge is 0.0466 e. The predicted octanol–water partition coefficient (Wildman–Crippen LogP) is 5.58. The molecule has 0 aromatic carbocycles. The summed E-state index contributed by atoms with van der Waals surface area (Å²) in [5.74, 6) is 0. The first-order valence-corrected chi connectivity index (χ1v) is 7.15. The third kappa shape index (κ3) is 36.0. The normalized spacial score (nSPS) is 15.2. The Labute approximate surface area is 127 Å². The molecule has 2 heteroatoms. The van der Waals surface area contributed by atoms with Gasteiger partial charge in [0.1, 0.15) is 0 Å². The molecule has 0 atom stereocenters. The van der Waals surface area contributed by atoms with Crippen LogP contribution in [0.1, 0.15) is 38.5 Å². The van der Waals surface area contributed by atoms with Crippen LogP contribution in [-0.4, -0.2) is 26.4 Å². The van der Waals surface area contributed by atoms with Crippen molar-refractivity contribution in [2.45, 2.75) is 38.5 Å². The number of hydrogen-bond donors (Lipinski definition) is 0. The molecule has 2 rings (SSSR count). The molecule has 2 aliphatic heterocycles. The third-order valence-electron chi connectivity index (χ3n) is 2.15. The highest BCUT2D eigenvalue weighted by atomic mass is 16.5. The maximum absolute atomic E-state index is 5.07. The van der Waals surface area contributed by atoms with Crippen LogP contribution in [0.15, 0.2) is 52.6 Å². The molecule has 2 nitrogen and oxygen atoms in total. The largest absolute Gasteiger partial charge is 0.381 e. The van der Waals surface area contributed by atoms with Crippen LogP contribution < -0.4 is 0 Å². The van der Waals surface area contributed by atoms with Gasteiger partial charge in [0.15, 0.2) is 0 Å². The van der Waals surface area contributed by atoms with Gasteiger partial charge >= 0.3 is 0 Å². The van der Waals surface area contributed by atoms with Crippen LogP contribution in [0.5, 0.6) is 0 Å². The highest BCUT2D eigenvalue weighted by molar-refractivity contribution is 4.45. The fourth-order valence-electron chi connectivity index (χ4n) is 1.37. The molecular formula is C18H36O2. The average Bonchev–Trinajstić information content (AvgIpc) is 2.65. The van der Waals surface area contributed by atoms with E-state index in [2.05, 4.69) is 52.6 Å². The van der Waals surface area contributed by atoms with E-state index in [1.807, 2.05) is 0 Å². The van der Waals surface area contributed by atoms with Crippen molar-refractivity contribution >= 4 is 0 Å². The van der Waals surface area contributed by atoms with Gasteiger partial charge in [-0.05, 0) is 38.5 Å². The monoisotopic (exact) mass is 284 g/mol. The van der Waals surface area contributed by atoms with Crippen LogP contribution in [-0.2, 0) is 9.47 Å². The summed E-state index contributed by atoms with van der Waals surface area (Å²) < 4.78 is 10.1. The summed E-state index contributed by atoms with van der Waals surface area (Å²) in [5, 5.41) is 0. The van der Waals surface area contributed by atoms with Gasteiger partial charge in [0, 0.05) is 26.4 Å². The van der Waals surface area contributed by atoms with Gasteiger partial charge in [0.2, 0.25) is 0 Å². The van der Waals surface area contributed by atoms with Crippen molar-refractivity contribution in [3.05, 3.63) is 52.6 Å². The van der Waals surface area contributed by atoms with Gasteiger partial charge in [-0.25, -0.2) is 0 Å². The lowest BCUT2D eigenvalue weighted by atomic mass is 10.2. The maximum atomic E-state index is 5.07. The fraction of sp³-hybridized carbons (Fsp3) is 0.556. The lowest BCUT2D eigenvalue weighted by Gasteiger charge is -2.08. The van der Waals surface area contributed by atoms with Gasteiger partial charge in [0.05, 0.1) is 0 Å². The molecular weight excluding hydrogens is 248 g/mol. The molecule has 0 aromatic rings. The summed E-state index contributed by atoms with van der Waals surface area (Å²) in [6.07, 6.45) is 7.86. The van der Waals surface area contributed by atoms with Gasteiger partial charge in [-0.2, -0.15) is 0 Å². The van der Waals surface area contributed by atoms with Gasteiger partial charge in [-0.3, -0.25) is 0 Å². The van der Waals surface area contributed by atoms with Crippen molar-refractivity contribution in [1.82, 2.24) is 0 Å². The number of rotatable bonds is 0. The van der Waals surface area contributed by atoms with Crippen molar-refractivity contribution in [2.24, 2.45) is 0 Å². The minimum Gasteiger partial charge on any atom is -0.381 e. The third-order valence-corrected chi connectivity index (χ3v) is 2.15. The molecule has 0 aromatic heterocycles. The molecule has 120 valence electrons. The molecule has 0 unspecified atom stereocenters. The molecule has 0 bridgehead atoms. The average molecular weight is 284 g/mol. The Morgan fingerprint density at radius 3 is 0.600 bits per heavy atom. The summed E-state index contributed by atoms with van der Waals surface area (Å²) in [4.78, 5) is 0.